The summed E-state index contributed by atoms with van der Waals surface area (Å²) in [5, 5.41) is 12.5. The zero-order valence-electron chi connectivity index (χ0n) is 16.8. The first-order valence-corrected chi connectivity index (χ1v) is 10.3. The molecule has 0 bridgehead atoms. The molecule has 0 saturated carbocycles. The van der Waals surface area contributed by atoms with Gasteiger partial charge in [0, 0.05) is 42.8 Å². The predicted molar refractivity (Wildman–Crippen MR) is 112 cm³/mol. The van der Waals surface area contributed by atoms with E-state index in [2.05, 4.69) is 33.5 Å². The number of H-pyrrole nitrogens is 1. The second-order valence-electron chi connectivity index (χ2n) is 7.95. The summed E-state index contributed by atoms with van der Waals surface area (Å²) in [6, 6.07) is 9.31. The van der Waals surface area contributed by atoms with Crippen LogP contribution in [0.2, 0.25) is 0 Å². The first kappa shape index (κ1) is 19.4. The Bertz CT molecular complexity index is 1230. The Morgan fingerprint density at radius 1 is 1.06 bits per heavy atom. The number of aromatic amines is 1. The quantitative estimate of drug-likeness (QED) is 0.536. The topological polar surface area (TPSA) is 66.8 Å². The minimum Gasteiger partial charge on any atom is -0.339 e. The Morgan fingerprint density at radius 2 is 1.90 bits per heavy atom. The molecule has 158 valence electrons. The number of halogens is 2. The van der Waals surface area contributed by atoms with Gasteiger partial charge in [0.05, 0.1) is 23.5 Å². The lowest BCUT2D eigenvalue weighted by Crippen LogP contribution is -2.39. The van der Waals surface area contributed by atoms with E-state index in [0.717, 1.165) is 53.5 Å². The molecule has 4 aromatic rings. The summed E-state index contributed by atoms with van der Waals surface area (Å²) in [7, 11) is 0. The predicted octanol–water partition coefficient (Wildman–Crippen LogP) is 4.26. The van der Waals surface area contributed by atoms with E-state index in [-0.39, 0.29) is 11.5 Å². The largest absolute Gasteiger partial charge is 0.339 e. The lowest BCUT2D eigenvalue weighted by molar-refractivity contribution is 0.0677. The fourth-order valence-electron chi connectivity index (χ4n) is 4.22. The molecule has 1 saturated heterocycles. The summed E-state index contributed by atoms with van der Waals surface area (Å²) in [5.74, 6) is -1.51. The van der Waals surface area contributed by atoms with Crippen LogP contribution in [0.15, 0.2) is 55.0 Å². The van der Waals surface area contributed by atoms with Crippen molar-refractivity contribution in [3.63, 3.8) is 0 Å². The summed E-state index contributed by atoms with van der Waals surface area (Å²) >= 11 is 0. The van der Waals surface area contributed by atoms with Crippen LogP contribution in [-0.2, 0) is 6.54 Å². The van der Waals surface area contributed by atoms with Gasteiger partial charge in [-0.3, -0.25) is 14.6 Å². The van der Waals surface area contributed by atoms with Crippen molar-refractivity contribution in [2.45, 2.75) is 19.4 Å². The lowest BCUT2D eigenvalue weighted by atomic mass is 9.96. The van der Waals surface area contributed by atoms with Gasteiger partial charge in [-0.05, 0) is 48.6 Å². The maximum absolute atomic E-state index is 13.9. The van der Waals surface area contributed by atoms with Gasteiger partial charge in [-0.2, -0.15) is 10.2 Å². The van der Waals surface area contributed by atoms with Crippen molar-refractivity contribution in [2.75, 3.05) is 13.1 Å². The summed E-state index contributed by atoms with van der Waals surface area (Å²) in [4.78, 5) is 14.2. The number of carbonyl (C=O) groups is 1. The maximum Gasteiger partial charge on any atom is 0.256 e. The average molecular weight is 421 g/mol. The van der Waals surface area contributed by atoms with Gasteiger partial charge in [-0.15, -0.1) is 0 Å². The van der Waals surface area contributed by atoms with Crippen LogP contribution < -0.4 is 0 Å². The Labute approximate surface area is 177 Å². The van der Waals surface area contributed by atoms with E-state index in [4.69, 9.17) is 0 Å². The van der Waals surface area contributed by atoms with Crippen LogP contribution in [0.25, 0.3) is 22.0 Å². The van der Waals surface area contributed by atoms with Crippen LogP contribution in [0.1, 0.15) is 23.2 Å². The molecule has 1 amide bonds. The van der Waals surface area contributed by atoms with Gasteiger partial charge < -0.3 is 4.90 Å². The van der Waals surface area contributed by atoms with Gasteiger partial charge in [0.15, 0.2) is 0 Å². The fraction of sp³-hybridized carbons (Fsp3) is 0.261. The number of benzene rings is 2. The van der Waals surface area contributed by atoms with E-state index >= 15 is 0 Å². The molecule has 6 nitrogen and oxygen atoms in total. The lowest BCUT2D eigenvalue weighted by Gasteiger charge is -2.32. The highest BCUT2D eigenvalue weighted by atomic mass is 19.1. The molecule has 0 radical (unpaired) electrons. The van der Waals surface area contributed by atoms with E-state index in [0.29, 0.717) is 19.0 Å². The molecule has 0 spiro atoms. The monoisotopic (exact) mass is 421 g/mol. The van der Waals surface area contributed by atoms with Gasteiger partial charge >= 0.3 is 0 Å². The second kappa shape index (κ2) is 7.94. The molecule has 8 heteroatoms. The minimum atomic E-state index is -0.815. The van der Waals surface area contributed by atoms with Crippen LogP contribution in [0.3, 0.4) is 0 Å². The van der Waals surface area contributed by atoms with Crippen molar-refractivity contribution in [1.82, 2.24) is 24.9 Å². The molecular formula is C23H21F2N5O. The Kier molecular flexibility index (Phi) is 4.97. The molecular weight excluding hydrogens is 400 g/mol. The first-order valence-electron chi connectivity index (χ1n) is 10.3. The highest BCUT2D eigenvalue weighted by Crippen LogP contribution is 2.26. The number of rotatable bonds is 4. The summed E-state index contributed by atoms with van der Waals surface area (Å²) in [6.07, 6.45) is 7.14. The number of piperidine rings is 1. The highest BCUT2D eigenvalue weighted by molar-refractivity contribution is 5.94. The van der Waals surface area contributed by atoms with Crippen molar-refractivity contribution in [2.24, 2.45) is 5.92 Å². The highest BCUT2D eigenvalue weighted by Gasteiger charge is 2.26. The number of aromatic nitrogens is 4. The minimum absolute atomic E-state index is 0.0775. The van der Waals surface area contributed by atoms with Crippen LogP contribution in [-0.4, -0.2) is 43.9 Å². The SMILES string of the molecule is O=C(c1ccc(F)cc1F)N1CCC(Cn2ncc3cc(-c4cn[nH]c4)ccc32)CC1. The normalized spacial score (nSPS) is 15.0. The van der Waals surface area contributed by atoms with E-state index in [9.17, 15) is 13.6 Å². The zero-order chi connectivity index (χ0) is 21.4. The van der Waals surface area contributed by atoms with Crippen molar-refractivity contribution in [3.05, 3.63) is 72.2 Å². The van der Waals surface area contributed by atoms with Crippen LogP contribution in [0.5, 0.6) is 0 Å². The van der Waals surface area contributed by atoms with Gasteiger partial charge in [0.25, 0.3) is 5.91 Å². The average Bonchev–Trinajstić information content (AvgIpc) is 3.44. The van der Waals surface area contributed by atoms with E-state index in [1.54, 1.807) is 11.1 Å². The molecule has 3 heterocycles. The van der Waals surface area contributed by atoms with Crippen LogP contribution in [0, 0.1) is 17.6 Å². The van der Waals surface area contributed by atoms with Gasteiger partial charge in [0.1, 0.15) is 11.6 Å². The van der Waals surface area contributed by atoms with Crippen LogP contribution in [0.4, 0.5) is 8.78 Å². The molecule has 0 aliphatic carbocycles. The maximum atomic E-state index is 13.9. The third-order valence-electron chi connectivity index (χ3n) is 5.97. The molecule has 31 heavy (non-hydrogen) atoms. The number of amides is 1. The van der Waals surface area contributed by atoms with E-state index in [1.165, 1.54) is 6.07 Å². The number of nitrogens with one attached hydrogen (secondary N) is 1. The number of likely N-dealkylation sites (tertiary alicyclic amines) is 1. The number of fused-ring (bicyclic) bond motifs is 1. The van der Waals surface area contributed by atoms with Crippen molar-refractivity contribution in [1.29, 1.82) is 0 Å². The molecule has 0 atom stereocenters. The third-order valence-corrected chi connectivity index (χ3v) is 5.97. The van der Waals surface area contributed by atoms with E-state index in [1.807, 2.05) is 17.1 Å². The molecule has 2 aromatic heterocycles. The van der Waals surface area contributed by atoms with Gasteiger partial charge in [-0.25, -0.2) is 8.78 Å². The van der Waals surface area contributed by atoms with Crippen molar-refractivity contribution >= 4 is 16.8 Å². The number of hydrogen-bond donors (Lipinski definition) is 1. The van der Waals surface area contributed by atoms with Crippen LogP contribution >= 0.6 is 0 Å². The number of carbonyl (C=O) groups excluding carboxylic acids is 1. The Balaban J connectivity index is 1.24. The second-order valence-corrected chi connectivity index (χ2v) is 7.95. The van der Waals surface area contributed by atoms with Gasteiger partial charge in [0.2, 0.25) is 0 Å². The van der Waals surface area contributed by atoms with Gasteiger partial charge in [-0.1, -0.05) is 6.07 Å². The van der Waals surface area contributed by atoms with Crippen molar-refractivity contribution in [3.8, 4) is 11.1 Å². The molecule has 1 aliphatic heterocycles. The molecule has 5 rings (SSSR count). The third kappa shape index (κ3) is 3.81. The summed E-state index contributed by atoms with van der Waals surface area (Å²) < 4.78 is 29.1. The summed E-state index contributed by atoms with van der Waals surface area (Å²) in [6.45, 7) is 1.86. The first-order chi connectivity index (χ1) is 15.1. The Hall–Kier alpha value is -3.55. The Morgan fingerprint density at radius 3 is 2.65 bits per heavy atom. The molecule has 0 unspecified atom stereocenters. The number of hydrogen-bond acceptors (Lipinski definition) is 3. The smallest absolute Gasteiger partial charge is 0.256 e. The molecule has 1 N–H and O–H groups in total. The molecule has 2 aromatic carbocycles. The zero-order valence-corrected chi connectivity index (χ0v) is 16.8. The standard InChI is InChI=1S/C23H21F2N5O/c24-19-2-3-20(21(25)10-19)23(31)29-7-5-15(6-8-29)14-30-22-4-1-16(9-17(22)13-28-30)18-11-26-27-12-18/h1-4,9-13,15H,5-8,14H2,(H,26,27). The fourth-order valence-corrected chi connectivity index (χ4v) is 4.22. The summed E-state index contributed by atoms with van der Waals surface area (Å²) in [5.41, 5.74) is 3.11. The molecule has 1 fully saturated rings. The van der Waals surface area contributed by atoms with Crippen molar-refractivity contribution < 1.29 is 13.6 Å². The van der Waals surface area contributed by atoms with E-state index < -0.39 is 11.6 Å². The molecule has 1 aliphatic rings. The number of nitrogens with zero attached hydrogens (tertiary/aromatic N) is 4.